The molecule has 5 rings (SSSR count). The van der Waals surface area contributed by atoms with E-state index in [-0.39, 0.29) is 17.5 Å². The molecule has 3 saturated carbocycles. The van der Waals surface area contributed by atoms with Crippen molar-refractivity contribution in [2.24, 2.45) is 34.5 Å². The molecule has 1 heterocycles. The normalized spacial score (nSPS) is 50.3. The minimum absolute atomic E-state index is 0.0751. The fourth-order valence-corrected chi connectivity index (χ4v) is 7.69. The topological polar surface area (TPSA) is 46.5 Å². The Balaban J connectivity index is 1.44. The number of carbonyl (C=O) groups excluding carboxylic acids is 1. The highest BCUT2D eigenvalue weighted by Gasteiger charge is 2.58. The van der Waals surface area contributed by atoms with Gasteiger partial charge in [-0.2, -0.15) is 0 Å². The van der Waals surface area contributed by atoms with Crippen LogP contribution >= 0.6 is 0 Å². The predicted molar refractivity (Wildman–Crippen MR) is 100 cm³/mol. The van der Waals surface area contributed by atoms with Crippen molar-refractivity contribution in [2.75, 3.05) is 6.61 Å². The lowest BCUT2D eigenvalue weighted by atomic mass is 9.45. The van der Waals surface area contributed by atoms with E-state index in [0.717, 1.165) is 30.8 Å². The summed E-state index contributed by atoms with van der Waals surface area (Å²) in [6.07, 6.45) is 13.6. The number of carbonyl (C=O) groups is 1. The van der Waals surface area contributed by atoms with Gasteiger partial charge in [0.2, 0.25) is 0 Å². The van der Waals surface area contributed by atoms with Crippen LogP contribution in [-0.4, -0.2) is 23.8 Å². The highest BCUT2D eigenvalue weighted by molar-refractivity contribution is 5.91. The van der Waals surface area contributed by atoms with Crippen molar-refractivity contribution in [3.63, 3.8) is 0 Å². The van der Waals surface area contributed by atoms with Gasteiger partial charge >= 0.3 is 5.97 Å². The fourth-order valence-electron chi connectivity index (χ4n) is 7.69. The van der Waals surface area contributed by atoms with Gasteiger partial charge in [0.1, 0.15) is 6.61 Å². The first-order valence-electron chi connectivity index (χ1n) is 10.7. The average Bonchev–Trinajstić information content (AvgIpc) is 3.17. The van der Waals surface area contributed by atoms with Gasteiger partial charge in [0.05, 0.1) is 6.10 Å². The number of aliphatic hydroxyl groups is 1. The molecule has 26 heavy (non-hydrogen) atoms. The first-order valence-corrected chi connectivity index (χ1v) is 10.7. The van der Waals surface area contributed by atoms with Gasteiger partial charge in [0.15, 0.2) is 0 Å². The van der Waals surface area contributed by atoms with Crippen molar-refractivity contribution < 1.29 is 14.6 Å². The molecule has 0 unspecified atom stereocenters. The van der Waals surface area contributed by atoms with Crippen molar-refractivity contribution in [1.29, 1.82) is 0 Å². The molecule has 4 aliphatic carbocycles. The average molecular weight is 357 g/mol. The van der Waals surface area contributed by atoms with Crippen LogP contribution in [0.3, 0.4) is 0 Å². The first-order chi connectivity index (χ1) is 12.4. The zero-order valence-corrected chi connectivity index (χ0v) is 16.2. The van der Waals surface area contributed by atoms with Crippen molar-refractivity contribution in [3.8, 4) is 0 Å². The Morgan fingerprint density at radius 1 is 1.12 bits per heavy atom. The summed E-state index contributed by atoms with van der Waals surface area (Å²) >= 11 is 0. The number of fused-ring (bicyclic) bond motifs is 5. The van der Waals surface area contributed by atoms with Crippen LogP contribution in [0.2, 0.25) is 0 Å². The Hall–Kier alpha value is -1.09. The fraction of sp³-hybridized carbons (Fsp3) is 0.783. The second kappa shape index (κ2) is 5.70. The molecule has 142 valence electrons. The molecule has 3 nitrogen and oxygen atoms in total. The van der Waals surface area contributed by atoms with Crippen LogP contribution in [0.25, 0.3) is 0 Å². The molecule has 0 aromatic heterocycles. The molecule has 0 bridgehead atoms. The summed E-state index contributed by atoms with van der Waals surface area (Å²) in [7, 11) is 0. The van der Waals surface area contributed by atoms with Gasteiger partial charge in [-0.25, -0.2) is 4.79 Å². The van der Waals surface area contributed by atoms with Gasteiger partial charge in [-0.1, -0.05) is 25.5 Å². The molecule has 0 aromatic carbocycles. The maximum absolute atomic E-state index is 12.2. The summed E-state index contributed by atoms with van der Waals surface area (Å²) in [5.74, 6) is 2.39. The van der Waals surface area contributed by atoms with E-state index in [1.54, 1.807) is 5.57 Å². The number of ether oxygens (including phenoxy) is 1. The predicted octanol–water partition coefficient (Wildman–Crippen LogP) is 4.41. The van der Waals surface area contributed by atoms with E-state index in [1.165, 1.54) is 32.1 Å². The van der Waals surface area contributed by atoms with Crippen LogP contribution in [0.15, 0.2) is 23.3 Å². The third-order valence-corrected chi connectivity index (χ3v) is 9.17. The second-order valence-corrected chi connectivity index (χ2v) is 10.1. The minimum atomic E-state index is -0.0788. The summed E-state index contributed by atoms with van der Waals surface area (Å²) in [5.41, 5.74) is 3.14. The highest BCUT2D eigenvalue weighted by atomic mass is 16.5. The monoisotopic (exact) mass is 356 g/mol. The Morgan fingerprint density at radius 3 is 2.73 bits per heavy atom. The molecule has 0 radical (unpaired) electrons. The summed E-state index contributed by atoms with van der Waals surface area (Å²) in [6.45, 7) is 5.40. The number of hydrogen-bond acceptors (Lipinski definition) is 3. The van der Waals surface area contributed by atoms with Crippen LogP contribution in [0.5, 0.6) is 0 Å². The third-order valence-electron chi connectivity index (χ3n) is 9.17. The van der Waals surface area contributed by atoms with Gasteiger partial charge in [-0.15, -0.1) is 0 Å². The van der Waals surface area contributed by atoms with Crippen molar-refractivity contribution >= 4 is 5.97 Å². The zero-order chi connectivity index (χ0) is 18.1. The Bertz CT molecular complexity index is 692. The molecule has 0 spiro atoms. The quantitative estimate of drug-likeness (QED) is 0.559. The van der Waals surface area contributed by atoms with Crippen LogP contribution in [0.4, 0.5) is 0 Å². The Labute approximate surface area is 156 Å². The van der Waals surface area contributed by atoms with Crippen molar-refractivity contribution in [3.05, 3.63) is 23.3 Å². The van der Waals surface area contributed by atoms with E-state index in [2.05, 4.69) is 19.9 Å². The lowest BCUT2D eigenvalue weighted by Gasteiger charge is -2.59. The maximum atomic E-state index is 12.2. The number of allylic oxidation sites excluding steroid dienone is 2. The molecular weight excluding hydrogens is 324 g/mol. The molecule has 3 fully saturated rings. The standard InChI is InChI=1S/C23H32O3/c1-22-10-7-15(24)13-14(22)3-4-16-18-5-6-19(17-9-12-26-21(17)25)23(18,2)11-8-20(16)22/h5,9,14-16,19-20,24H,3-4,6-8,10-13H2,1-2H3/t14-,15-,16-,19+,20-,22-,23-/m0/s1. The van der Waals surface area contributed by atoms with Gasteiger partial charge in [0, 0.05) is 11.5 Å². The summed E-state index contributed by atoms with van der Waals surface area (Å²) < 4.78 is 5.23. The van der Waals surface area contributed by atoms with E-state index < -0.39 is 0 Å². The van der Waals surface area contributed by atoms with Crippen LogP contribution < -0.4 is 0 Å². The smallest absolute Gasteiger partial charge is 0.334 e. The van der Waals surface area contributed by atoms with E-state index in [9.17, 15) is 9.90 Å². The SMILES string of the molecule is C[C@]12CC[C@H](O)C[C@@H]1CC[C@H]1C3=CC[C@H](C4=CCOC4=O)[C@@]3(C)CC[C@@H]12. The molecule has 0 amide bonds. The molecule has 1 aliphatic heterocycles. The second-order valence-electron chi connectivity index (χ2n) is 10.1. The van der Waals surface area contributed by atoms with Gasteiger partial charge in [0.25, 0.3) is 0 Å². The molecule has 5 aliphatic rings. The Morgan fingerprint density at radius 2 is 1.96 bits per heavy atom. The summed E-state index contributed by atoms with van der Waals surface area (Å²) in [4.78, 5) is 12.2. The lowest BCUT2D eigenvalue weighted by Crippen LogP contribution is -2.52. The van der Waals surface area contributed by atoms with E-state index >= 15 is 0 Å². The summed E-state index contributed by atoms with van der Waals surface area (Å²) in [6, 6.07) is 0. The van der Waals surface area contributed by atoms with Crippen molar-refractivity contribution in [2.45, 2.75) is 71.3 Å². The summed E-state index contributed by atoms with van der Waals surface area (Å²) in [5, 5.41) is 10.2. The molecule has 7 atom stereocenters. The molecule has 0 aromatic rings. The molecular formula is C23H32O3. The molecule has 1 N–H and O–H groups in total. The number of esters is 1. The van der Waals surface area contributed by atoms with Crippen molar-refractivity contribution in [1.82, 2.24) is 0 Å². The first kappa shape index (κ1) is 17.0. The van der Waals surface area contributed by atoms with Crippen LogP contribution in [0, 0.1) is 34.5 Å². The molecule has 3 heteroatoms. The Kier molecular flexibility index (Phi) is 3.74. The highest BCUT2D eigenvalue weighted by Crippen LogP contribution is 2.66. The van der Waals surface area contributed by atoms with E-state index in [1.807, 2.05) is 6.08 Å². The minimum Gasteiger partial charge on any atom is -0.458 e. The van der Waals surface area contributed by atoms with Crippen LogP contribution in [-0.2, 0) is 9.53 Å². The van der Waals surface area contributed by atoms with Crippen LogP contribution in [0.1, 0.15) is 65.2 Å². The number of rotatable bonds is 1. The third kappa shape index (κ3) is 2.19. The van der Waals surface area contributed by atoms with Gasteiger partial charge in [-0.3, -0.25) is 0 Å². The maximum Gasteiger partial charge on any atom is 0.334 e. The number of cyclic esters (lactones) is 1. The van der Waals surface area contributed by atoms with E-state index in [4.69, 9.17) is 4.74 Å². The zero-order valence-electron chi connectivity index (χ0n) is 16.2. The van der Waals surface area contributed by atoms with Gasteiger partial charge < -0.3 is 9.84 Å². The van der Waals surface area contributed by atoms with E-state index in [0.29, 0.717) is 29.8 Å². The number of hydrogen-bond donors (Lipinski definition) is 1. The molecule has 0 saturated heterocycles. The largest absolute Gasteiger partial charge is 0.458 e. The number of aliphatic hydroxyl groups excluding tert-OH is 1. The lowest BCUT2D eigenvalue weighted by molar-refractivity contribution is -0.137. The van der Waals surface area contributed by atoms with Gasteiger partial charge in [-0.05, 0) is 86.0 Å².